The van der Waals surface area contributed by atoms with Crippen molar-refractivity contribution in [3.63, 3.8) is 0 Å². The second-order valence-corrected chi connectivity index (χ2v) is 6.51. The van der Waals surface area contributed by atoms with Crippen LogP contribution in [0.5, 0.6) is 0 Å². The smallest absolute Gasteiger partial charge is 0.368 e. The van der Waals surface area contributed by atoms with Crippen molar-refractivity contribution in [2.45, 2.75) is 6.92 Å². The van der Waals surface area contributed by atoms with Crippen LogP contribution in [0.15, 0.2) is 12.2 Å². The summed E-state index contributed by atoms with van der Waals surface area (Å²) in [6.07, 6.45) is 0. The Kier molecular flexibility index (Phi) is 8.19. The van der Waals surface area contributed by atoms with Gasteiger partial charge in [-0.2, -0.15) is 4.89 Å². The Balaban J connectivity index is 3.75. The Labute approximate surface area is 119 Å². The third-order valence-corrected chi connectivity index (χ3v) is 2.91. The van der Waals surface area contributed by atoms with Crippen LogP contribution in [0.25, 0.3) is 0 Å². The number of carbonyl (C=O) groups is 1. The molecule has 0 aromatic carbocycles. The molecule has 0 spiro atoms. The zero-order valence-corrected chi connectivity index (χ0v) is 13.2. The second-order valence-electron chi connectivity index (χ2n) is 5.10. The molecule has 0 bridgehead atoms. The molecular weight excluding hydrogens is 289 g/mol. The van der Waals surface area contributed by atoms with Crippen molar-refractivity contribution < 1.29 is 37.6 Å². The van der Waals surface area contributed by atoms with E-state index in [-0.39, 0.29) is 25.4 Å². The van der Waals surface area contributed by atoms with E-state index in [2.05, 4.69) is 25.4 Å². The fourth-order valence-corrected chi connectivity index (χ4v) is 1.49. The van der Waals surface area contributed by atoms with Gasteiger partial charge in [0.05, 0.1) is 27.7 Å². The molecule has 0 saturated heterocycles. The molecule has 8 nitrogen and oxygen atoms in total. The lowest BCUT2D eigenvalue weighted by Crippen LogP contribution is -2.37. The molecule has 0 rings (SSSR count). The molecule has 0 N–H and O–H groups in total. The van der Waals surface area contributed by atoms with Gasteiger partial charge < -0.3 is 18.4 Å². The monoisotopic (exact) mass is 311 g/mol. The molecular formula is C11H22NO7P. The summed E-state index contributed by atoms with van der Waals surface area (Å²) in [6.45, 7) is 4.80. The van der Waals surface area contributed by atoms with Gasteiger partial charge in [-0.25, -0.2) is 4.79 Å². The Morgan fingerprint density at radius 2 is 1.75 bits per heavy atom. The molecule has 1 atom stereocenters. The highest BCUT2D eigenvalue weighted by atomic mass is 31.2. The average Bonchev–Trinajstić information content (AvgIpc) is 2.25. The van der Waals surface area contributed by atoms with Gasteiger partial charge in [-0.15, -0.1) is 0 Å². The molecule has 0 aromatic rings. The SMILES string of the molecule is C=C(C)C(=O)OOCCOP(=O)([O-])OCC[N+](C)(C)C. The van der Waals surface area contributed by atoms with Gasteiger partial charge in [0.1, 0.15) is 19.8 Å². The van der Waals surface area contributed by atoms with E-state index in [0.29, 0.717) is 11.0 Å². The topological polar surface area (TPSA) is 94.1 Å². The number of rotatable bonds is 10. The molecule has 0 aliphatic heterocycles. The van der Waals surface area contributed by atoms with Crippen molar-refractivity contribution in [1.82, 2.24) is 0 Å². The fraction of sp³-hybridized carbons (Fsp3) is 0.727. The minimum absolute atomic E-state index is 0.0236. The highest BCUT2D eigenvalue weighted by Crippen LogP contribution is 2.37. The molecule has 0 aromatic heterocycles. The third-order valence-electron chi connectivity index (χ3n) is 1.91. The van der Waals surface area contributed by atoms with Crippen molar-refractivity contribution in [2.75, 3.05) is 47.5 Å². The number of likely N-dealkylation sites (N-methyl/N-ethyl adjacent to an activating group) is 1. The Bertz CT molecular complexity index is 377. The first-order valence-electron chi connectivity index (χ1n) is 5.93. The molecule has 0 aliphatic rings. The Morgan fingerprint density at radius 1 is 1.20 bits per heavy atom. The lowest BCUT2D eigenvalue weighted by Gasteiger charge is -2.27. The van der Waals surface area contributed by atoms with E-state index >= 15 is 0 Å². The standard InChI is InChI=1S/C11H22NO7P/c1-10(2)11(13)19-16-8-9-18-20(14,15)17-7-6-12(3,4)5/h1,6-9H2,2-5H3. The van der Waals surface area contributed by atoms with Gasteiger partial charge in [-0.3, -0.25) is 9.45 Å². The van der Waals surface area contributed by atoms with Gasteiger partial charge in [-0.1, -0.05) is 6.58 Å². The predicted molar refractivity (Wildman–Crippen MR) is 69.3 cm³/mol. The maximum absolute atomic E-state index is 11.3. The van der Waals surface area contributed by atoms with Gasteiger partial charge >= 0.3 is 5.97 Å². The summed E-state index contributed by atoms with van der Waals surface area (Å²) in [5.41, 5.74) is 0.170. The van der Waals surface area contributed by atoms with Gasteiger partial charge in [0.15, 0.2) is 0 Å². The van der Waals surface area contributed by atoms with Gasteiger partial charge in [0.2, 0.25) is 0 Å². The number of phosphoric acid groups is 1. The molecule has 0 aliphatic carbocycles. The van der Waals surface area contributed by atoms with Gasteiger partial charge in [0, 0.05) is 5.57 Å². The van der Waals surface area contributed by atoms with Gasteiger partial charge in [-0.05, 0) is 6.92 Å². The van der Waals surface area contributed by atoms with Crippen LogP contribution in [0.1, 0.15) is 6.92 Å². The number of carbonyl (C=O) groups excluding carboxylic acids is 1. The van der Waals surface area contributed by atoms with E-state index in [1.54, 1.807) is 0 Å². The molecule has 0 fully saturated rings. The maximum Gasteiger partial charge on any atom is 0.368 e. The van der Waals surface area contributed by atoms with Crippen LogP contribution in [-0.2, 0) is 28.2 Å². The summed E-state index contributed by atoms with van der Waals surface area (Å²) in [5, 5.41) is 0. The van der Waals surface area contributed by atoms with Crippen LogP contribution in [-0.4, -0.2) is 58.0 Å². The molecule has 0 saturated carbocycles. The Hall–Kier alpha value is -0.760. The van der Waals surface area contributed by atoms with Crippen LogP contribution in [0.3, 0.4) is 0 Å². The quantitative estimate of drug-likeness (QED) is 0.142. The average molecular weight is 311 g/mol. The summed E-state index contributed by atoms with van der Waals surface area (Å²) in [7, 11) is 1.36. The molecule has 0 radical (unpaired) electrons. The van der Waals surface area contributed by atoms with E-state index in [1.165, 1.54) is 6.92 Å². The number of nitrogens with zero attached hydrogens (tertiary/aromatic N) is 1. The van der Waals surface area contributed by atoms with Crippen molar-refractivity contribution in [2.24, 2.45) is 0 Å². The summed E-state index contributed by atoms with van der Waals surface area (Å²) >= 11 is 0. The molecule has 9 heteroatoms. The molecule has 118 valence electrons. The zero-order valence-electron chi connectivity index (χ0n) is 12.3. The molecule has 1 unspecified atom stereocenters. The zero-order chi connectivity index (χ0) is 15.8. The van der Waals surface area contributed by atoms with Crippen LogP contribution in [0.4, 0.5) is 0 Å². The summed E-state index contributed by atoms with van der Waals surface area (Å²) in [6, 6.07) is 0. The van der Waals surface area contributed by atoms with E-state index in [0.717, 1.165) is 0 Å². The van der Waals surface area contributed by atoms with Crippen LogP contribution >= 0.6 is 7.82 Å². The number of phosphoric ester groups is 1. The lowest BCUT2D eigenvalue weighted by molar-refractivity contribution is -0.870. The van der Waals surface area contributed by atoms with Gasteiger partial charge in [0.25, 0.3) is 7.82 Å². The largest absolute Gasteiger partial charge is 0.756 e. The van der Waals surface area contributed by atoms with Crippen molar-refractivity contribution in [3.8, 4) is 0 Å². The lowest BCUT2D eigenvalue weighted by atomic mass is 10.4. The van der Waals surface area contributed by atoms with Crippen molar-refractivity contribution in [3.05, 3.63) is 12.2 Å². The highest BCUT2D eigenvalue weighted by molar-refractivity contribution is 7.45. The number of quaternary nitrogens is 1. The predicted octanol–water partition coefficient (Wildman–Crippen LogP) is 0.245. The molecule has 20 heavy (non-hydrogen) atoms. The van der Waals surface area contributed by atoms with E-state index in [9.17, 15) is 14.3 Å². The third kappa shape index (κ3) is 11.1. The maximum atomic E-state index is 11.3. The fourth-order valence-electron chi connectivity index (χ4n) is 0.813. The normalized spacial score (nSPS) is 14.7. The van der Waals surface area contributed by atoms with E-state index in [1.807, 2.05) is 21.1 Å². The van der Waals surface area contributed by atoms with E-state index < -0.39 is 13.8 Å². The first kappa shape index (κ1) is 19.2. The Morgan fingerprint density at radius 3 is 2.25 bits per heavy atom. The summed E-state index contributed by atoms with van der Waals surface area (Å²) in [5.74, 6) is -0.727. The summed E-state index contributed by atoms with van der Waals surface area (Å²) < 4.78 is 21.1. The minimum Gasteiger partial charge on any atom is -0.756 e. The van der Waals surface area contributed by atoms with Crippen molar-refractivity contribution >= 4 is 13.8 Å². The van der Waals surface area contributed by atoms with E-state index in [4.69, 9.17) is 0 Å². The highest BCUT2D eigenvalue weighted by Gasteiger charge is 2.13. The second kappa shape index (κ2) is 8.51. The van der Waals surface area contributed by atoms with Crippen molar-refractivity contribution in [1.29, 1.82) is 0 Å². The minimum atomic E-state index is -4.36. The van der Waals surface area contributed by atoms with Crippen LogP contribution in [0, 0.1) is 0 Å². The number of hydrogen-bond acceptors (Lipinski definition) is 7. The summed E-state index contributed by atoms with van der Waals surface area (Å²) in [4.78, 5) is 31.0. The molecule has 0 heterocycles. The van der Waals surface area contributed by atoms with Crippen LogP contribution < -0.4 is 4.89 Å². The molecule has 0 amide bonds. The number of hydrogen-bond donors (Lipinski definition) is 0. The first-order chi connectivity index (χ1) is 9.03. The first-order valence-corrected chi connectivity index (χ1v) is 7.39. The van der Waals surface area contributed by atoms with Crippen LogP contribution in [0.2, 0.25) is 0 Å².